The lowest BCUT2D eigenvalue weighted by atomic mass is 10.00. The molecule has 0 heterocycles. The molecular formula is C14H11F9O3. The Balaban J connectivity index is 2.66. The fraction of sp³-hybridized carbons (Fsp3) is 0.500. The summed E-state index contributed by atoms with van der Waals surface area (Å²) in [5, 5.41) is 8.64. The molecule has 1 rings (SSSR count). The molecule has 1 aromatic rings. The van der Waals surface area contributed by atoms with Crippen LogP contribution < -0.4 is 4.74 Å². The predicted molar refractivity (Wildman–Crippen MR) is 69.0 cm³/mol. The number of hydrogen-bond acceptors (Lipinski definition) is 2. The minimum absolute atomic E-state index is 0.0364. The van der Waals surface area contributed by atoms with Crippen molar-refractivity contribution < 1.29 is 54.2 Å². The van der Waals surface area contributed by atoms with Gasteiger partial charge in [0.15, 0.2) is 0 Å². The van der Waals surface area contributed by atoms with Crippen molar-refractivity contribution in [1.29, 1.82) is 0 Å². The van der Waals surface area contributed by atoms with Crippen LogP contribution in [0.3, 0.4) is 0 Å². The van der Waals surface area contributed by atoms with Crippen molar-refractivity contribution >= 4 is 5.97 Å². The van der Waals surface area contributed by atoms with E-state index < -0.39 is 49.4 Å². The average Bonchev–Trinajstić information content (AvgIpc) is 2.50. The number of aromatic carboxylic acids is 1. The van der Waals surface area contributed by atoms with E-state index in [-0.39, 0.29) is 11.3 Å². The standard InChI is InChI=1S/C14H11F9O3/c15-11(16,12(17,18)13(19,20)14(21,22)23)6-1-7-26-9-4-2-8(3-5-9)10(24)25/h2-5H,1,6-7H2,(H,24,25). The molecule has 1 N–H and O–H groups in total. The molecule has 26 heavy (non-hydrogen) atoms. The molecule has 0 aromatic heterocycles. The normalized spacial score (nSPS) is 13.6. The zero-order chi connectivity index (χ0) is 20.4. The van der Waals surface area contributed by atoms with E-state index in [4.69, 9.17) is 9.84 Å². The van der Waals surface area contributed by atoms with E-state index in [1.165, 1.54) is 0 Å². The summed E-state index contributed by atoms with van der Waals surface area (Å²) in [6.45, 7) is -0.699. The molecule has 0 aliphatic carbocycles. The van der Waals surface area contributed by atoms with E-state index in [0.29, 0.717) is 0 Å². The molecule has 0 spiro atoms. The lowest BCUT2D eigenvalue weighted by molar-refractivity contribution is -0.396. The molecule has 148 valence electrons. The van der Waals surface area contributed by atoms with E-state index >= 15 is 0 Å². The molecule has 0 amide bonds. The fourth-order valence-electron chi connectivity index (χ4n) is 1.74. The zero-order valence-corrected chi connectivity index (χ0v) is 12.6. The molecule has 0 aliphatic rings. The molecule has 0 bridgehead atoms. The van der Waals surface area contributed by atoms with Crippen LogP contribution in [0.4, 0.5) is 39.5 Å². The van der Waals surface area contributed by atoms with E-state index in [9.17, 15) is 44.3 Å². The highest BCUT2D eigenvalue weighted by atomic mass is 19.4. The first kappa shape index (κ1) is 21.9. The number of rotatable bonds is 8. The molecule has 0 atom stereocenters. The summed E-state index contributed by atoms with van der Waals surface area (Å²) >= 11 is 0. The summed E-state index contributed by atoms with van der Waals surface area (Å²) in [6, 6.07) is 4.41. The second-order valence-corrected chi connectivity index (χ2v) is 5.13. The van der Waals surface area contributed by atoms with E-state index in [1.807, 2.05) is 0 Å². The SMILES string of the molecule is O=C(O)c1ccc(OCCCC(F)(F)C(F)(F)C(F)(F)C(F)(F)F)cc1. The minimum Gasteiger partial charge on any atom is -0.494 e. The Kier molecular flexibility index (Phi) is 6.09. The summed E-state index contributed by atoms with van der Waals surface area (Å²) in [6.07, 6.45) is -9.79. The molecule has 1 aromatic carbocycles. The average molecular weight is 398 g/mol. The first-order valence-corrected chi connectivity index (χ1v) is 6.80. The number of halogens is 9. The van der Waals surface area contributed by atoms with Crippen LogP contribution >= 0.6 is 0 Å². The summed E-state index contributed by atoms with van der Waals surface area (Å²) in [5.41, 5.74) is -0.127. The van der Waals surface area contributed by atoms with E-state index in [1.54, 1.807) is 0 Å². The fourth-order valence-corrected chi connectivity index (χ4v) is 1.74. The highest BCUT2D eigenvalue weighted by molar-refractivity contribution is 5.87. The number of hydrogen-bond donors (Lipinski definition) is 1. The topological polar surface area (TPSA) is 46.5 Å². The van der Waals surface area contributed by atoms with Crippen molar-refractivity contribution in [2.75, 3.05) is 6.61 Å². The lowest BCUT2D eigenvalue weighted by Gasteiger charge is -2.33. The van der Waals surface area contributed by atoms with Crippen LogP contribution in [0.15, 0.2) is 24.3 Å². The number of carboxylic acid groups (broad SMARTS) is 1. The van der Waals surface area contributed by atoms with Crippen molar-refractivity contribution in [1.82, 2.24) is 0 Å². The molecule has 0 saturated carbocycles. The third-order valence-corrected chi connectivity index (χ3v) is 3.21. The van der Waals surface area contributed by atoms with Gasteiger partial charge in [0.25, 0.3) is 0 Å². The maximum Gasteiger partial charge on any atom is 0.460 e. The Morgan fingerprint density at radius 3 is 1.81 bits per heavy atom. The Morgan fingerprint density at radius 1 is 0.885 bits per heavy atom. The minimum atomic E-state index is -6.91. The van der Waals surface area contributed by atoms with Crippen molar-refractivity contribution in [2.24, 2.45) is 0 Å². The van der Waals surface area contributed by atoms with Gasteiger partial charge in [-0.15, -0.1) is 0 Å². The van der Waals surface area contributed by atoms with Gasteiger partial charge in [0.2, 0.25) is 0 Å². The Morgan fingerprint density at radius 2 is 1.38 bits per heavy atom. The van der Waals surface area contributed by atoms with Crippen LogP contribution in [0.2, 0.25) is 0 Å². The highest BCUT2D eigenvalue weighted by Crippen LogP contribution is 2.54. The van der Waals surface area contributed by atoms with Crippen LogP contribution in [0.1, 0.15) is 23.2 Å². The maximum absolute atomic E-state index is 13.2. The first-order chi connectivity index (χ1) is 11.6. The molecule has 0 saturated heterocycles. The van der Waals surface area contributed by atoms with Gasteiger partial charge < -0.3 is 9.84 Å². The molecule has 0 radical (unpaired) electrons. The second-order valence-electron chi connectivity index (χ2n) is 5.13. The van der Waals surface area contributed by atoms with Crippen molar-refractivity contribution in [3.63, 3.8) is 0 Å². The maximum atomic E-state index is 13.2. The van der Waals surface area contributed by atoms with Crippen molar-refractivity contribution in [3.8, 4) is 5.75 Å². The van der Waals surface area contributed by atoms with Gasteiger partial charge in [-0.1, -0.05) is 0 Å². The number of ether oxygens (including phenoxy) is 1. The third kappa shape index (κ3) is 4.33. The van der Waals surface area contributed by atoms with Crippen LogP contribution in [0, 0.1) is 0 Å². The van der Waals surface area contributed by atoms with Crippen LogP contribution in [-0.4, -0.2) is 41.6 Å². The van der Waals surface area contributed by atoms with Crippen LogP contribution in [-0.2, 0) is 0 Å². The monoisotopic (exact) mass is 398 g/mol. The third-order valence-electron chi connectivity index (χ3n) is 3.21. The van der Waals surface area contributed by atoms with Gasteiger partial charge in [-0.2, -0.15) is 39.5 Å². The van der Waals surface area contributed by atoms with Crippen molar-refractivity contribution in [2.45, 2.75) is 36.8 Å². The number of benzene rings is 1. The number of alkyl halides is 9. The second kappa shape index (κ2) is 7.23. The van der Waals surface area contributed by atoms with Gasteiger partial charge >= 0.3 is 29.9 Å². The first-order valence-electron chi connectivity index (χ1n) is 6.80. The Hall–Kier alpha value is -2.14. The van der Waals surface area contributed by atoms with Gasteiger partial charge in [0, 0.05) is 6.42 Å². The molecule has 0 unspecified atom stereocenters. The quantitative estimate of drug-likeness (QED) is 0.495. The molecular weight excluding hydrogens is 387 g/mol. The van der Waals surface area contributed by atoms with Crippen molar-refractivity contribution in [3.05, 3.63) is 29.8 Å². The number of carboxylic acids is 1. The zero-order valence-electron chi connectivity index (χ0n) is 12.6. The van der Waals surface area contributed by atoms with Gasteiger partial charge in [0.1, 0.15) is 5.75 Å². The predicted octanol–water partition coefficient (Wildman–Crippen LogP) is 5.01. The lowest BCUT2D eigenvalue weighted by Crippen LogP contribution is -2.60. The molecule has 0 fully saturated rings. The van der Waals surface area contributed by atoms with Gasteiger partial charge in [0.05, 0.1) is 12.2 Å². The Labute approximate surface area is 140 Å². The van der Waals surface area contributed by atoms with Gasteiger partial charge in [-0.05, 0) is 30.7 Å². The highest BCUT2D eigenvalue weighted by Gasteiger charge is 2.81. The molecule has 0 aliphatic heterocycles. The van der Waals surface area contributed by atoms with E-state index in [0.717, 1.165) is 24.3 Å². The molecule has 12 heteroatoms. The Bertz CT molecular complexity index is 624. The largest absolute Gasteiger partial charge is 0.494 e. The van der Waals surface area contributed by atoms with E-state index in [2.05, 4.69) is 0 Å². The summed E-state index contributed by atoms with van der Waals surface area (Å²) in [4.78, 5) is 10.6. The van der Waals surface area contributed by atoms with Crippen LogP contribution in [0.5, 0.6) is 5.75 Å². The summed E-state index contributed by atoms with van der Waals surface area (Å²) in [5.74, 6) is -20.5. The van der Waals surface area contributed by atoms with Gasteiger partial charge in [-0.3, -0.25) is 0 Å². The number of carbonyl (C=O) groups is 1. The van der Waals surface area contributed by atoms with Crippen LogP contribution in [0.25, 0.3) is 0 Å². The molecule has 3 nitrogen and oxygen atoms in total. The van der Waals surface area contributed by atoms with Gasteiger partial charge in [-0.25, -0.2) is 4.79 Å². The summed E-state index contributed by atoms with van der Waals surface area (Å²) in [7, 11) is 0. The summed E-state index contributed by atoms with van der Waals surface area (Å²) < 4.78 is 118. The smallest absolute Gasteiger partial charge is 0.460 e.